The van der Waals surface area contributed by atoms with Crippen molar-refractivity contribution >= 4 is 39.4 Å². The number of thioether (sulfide) groups is 1. The van der Waals surface area contributed by atoms with Gasteiger partial charge in [-0.1, -0.05) is 0 Å². The van der Waals surface area contributed by atoms with Gasteiger partial charge in [-0.3, -0.25) is 9.19 Å². The Hall–Kier alpha value is -1.33. The maximum absolute atomic E-state index is 11.7. The Morgan fingerprint density at radius 3 is 2.84 bits per heavy atom. The average Bonchev–Trinajstić information content (AvgIpc) is 2.44. The van der Waals surface area contributed by atoms with Gasteiger partial charge in [0.2, 0.25) is 0 Å². The molecule has 0 fully saturated rings. The van der Waals surface area contributed by atoms with E-state index in [0.29, 0.717) is 0 Å². The number of hydrogen-bond acceptors (Lipinski definition) is 4. The number of pyridine rings is 1. The first kappa shape index (κ1) is 14.1. The van der Waals surface area contributed by atoms with Crippen molar-refractivity contribution in [1.82, 2.24) is 4.98 Å². The third kappa shape index (κ3) is 2.98. The van der Waals surface area contributed by atoms with Crippen LogP contribution in [0.3, 0.4) is 0 Å². The third-order valence-corrected chi connectivity index (χ3v) is 5.20. The monoisotopic (exact) mass is 293 g/mol. The summed E-state index contributed by atoms with van der Waals surface area (Å²) in [6, 6.07) is 5.83. The van der Waals surface area contributed by atoms with Crippen molar-refractivity contribution in [2.24, 2.45) is 0 Å². The molecule has 3 nitrogen and oxygen atoms in total. The Morgan fingerprint density at radius 1 is 1.42 bits per heavy atom. The Morgan fingerprint density at radius 2 is 2.21 bits per heavy atom. The highest BCUT2D eigenvalue weighted by molar-refractivity contribution is 8.16. The fourth-order valence-corrected chi connectivity index (χ4v) is 3.34. The predicted octanol–water partition coefficient (Wildman–Crippen LogP) is 3.28. The van der Waals surface area contributed by atoms with E-state index in [0.717, 1.165) is 26.3 Å². The zero-order chi connectivity index (χ0) is 13.8. The van der Waals surface area contributed by atoms with Crippen LogP contribution < -0.4 is 4.74 Å². The van der Waals surface area contributed by atoms with Crippen LogP contribution in [0.2, 0.25) is 0 Å². The molecular weight excluding hydrogens is 278 g/mol. The highest BCUT2D eigenvalue weighted by Gasteiger charge is 2.09. The molecule has 2 aromatic rings. The van der Waals surface area contributed by atoms with Gasteiger partial charge in [0.1, 0.15) is 5.75 Å². The van der Waals surface area contributed by atoms with E-state index in [2.05, 4.69) is 4.98 Å². The van der Waals surface area contributed by atoms with Gasteiger partial charge in [0.25, 0.3) is 0 Å². The van der Waals surface area contributed by atoms with Crippen molar-refractivity contribution in [3.63, 3.8) is 0 Å². The molecule has 1 unspecified atom stereocenters. The molecule has 0 N–H and O–H groups in total. The van der Waals surface area contributed by atoms with Gasteiger partial charge in [-0.2, -0.15) is 0 Å². The minimum absolute atomic E-state index is 0.774. The SMILES string of the molecule is COc1ccc2cnccc2c1/C=C(\SC)S(C)=O. The molecule has 0 aliphatic rings. The second kappa shape index (κ2) is 6.21. The number of aromatic nitrogens is 1. The summed E-state index contributed by atoms with van der Waals surface area (Å²) in [6.07, 6.45) is 9.10. The van der Waals surface area contributed by atoms with Crippen molar-refractivity contribution in [1.29, 1.82) is 0 Å². The highest BCUT2D eigenvalue weighted by Crippen LogP contribution is 2.31. The highest BCUT2D eigenvalue weighted by atomic mass is 32.2. The lowest BCUT2D eigenvalue weighted by Crippen LogP contribution is -1.92. The lowest BCUT2D eigenvalue weighted by molar-refractivity contribution is 0.414. The van der Waals surface area contributed by atoms with E-state index >= 15 is 0 Å². The molecule has 19 heavy (non-hydrogen) atoms. The Balaban J connectivity index is 2.72. The molecule has 0 bridgehead atoms. The summed E-state index contributed by atoms with van der Waals surface area (Å²) < 4.78 is 17.9. The number of fused-ring (bicyclic) bond motifs is 1. The van der Waals surface area contributed by atoms with Crippen LogP contribution in [0.5, 0.6) is 5.75 Å². The summed E-state index contributed by atoms with van der Waals surface area (Å²) in [5.74, 6) is 0.774. The molecule has 1 atom stereocenters. The standard InChI is InChI=1S/C14H15NO2S2/c1-17-13-5-4-10-9-15-7-6-11(10)12(13)8-14(18-2)19(3)16/h4-9H,1-3H3/b14-8+. The molecule has 0 amide bonds. The molecule has 0 saturated carbocycles. The van der Waals surface area contributed by atoms with Crippen molar-refractivity contribution in [3.05, 3.63) is 40.4 Å². The molecule has 0 aliphatic heterocycles. The van der Waals surface area contributed by atoms with Gasteiger partial charge in [0.15, 0.2) is 0 Å². The van der Waals surface area contributed by atoms with E-state index in [1.807, 2.05) is 36.7 Å². The van der Waals surface area contributed by atoms with Crippen molar-refractivity contribution in [3.8, 4) is 5.75 Å². The fraction of sp³-hybridized carbons (Fsp3) is 0.214. The minimum Gasteiger partial charge on any atom is -0.496 e. The molecule has 2 rings (SSSR count). The summed E-state index contributed by atoms with van der Waals surface area (Å²) >= 11 is 1.49. The van der Waals surface area contributed by atoms with Crippen LogP contribution in [0.4, 0.5) is 0 Å². The molecule has 0 saturated heterocycles. The van der Waals surface area contributed by atoms with Gasteiger partial charge >= 0.3 is 0 Å². The van der Waals surface area contributed by atoms with E-state index in [1.54, 1.807) is 19.6 Å². The molecule has 1 aromatic heterocycles. The first-order valence-electron chi connectivity index (χ1n) is 5.67. The van der Waals surface area contributed by atoms with E-state index in [9.17, 15) is 4.21 Å². The lowest BCUT2D eigenvalue weighted by atomic mass is 10.1. The number of benzene rings is 1. The van der Waals surface area contributed by atoms with Crippen LogP contribution in [0, 0.1) is 0 Å². The van der Waals surface area contributed by atoms with Gasteiger partial charge in [-0.05, 0) is 35.9 Å². The summed E-state index contributed by atoms with van der Waals surface area (Å²) in [4.78, 5) is 4.12. The first-order chi connectivity index (χ1) is 9.17. The molecule has 5 heteroatoms. The van der Waals surface area contributed by atoms with Crippen molar-refractivity contribution < 1.29 is 8.95 Å². The number of methoxy groups -OCH3 is 1. The quantitative estimate of drug-likeness (QED) is 0.867. The normalized spacial score (nSPS) is 13.5. The topological polar surface area (TPSA) is 39.2 Å². The molecule has 100 valence electrons. The van der Waals surface area contributed by atoms with Gasteiger partial charge in [0.05, 0.1) is 22.1 Å². The number of nitrogens with zero attached hydrogens (tertiary/aromatic N) is 1. The second-order valence-corrected chi connectivity index (χ2v) is 6.35. The number of ether oxygens (including phenoxy) is 1. The second-order valence-electron chi connectivity index (χ2n) is 3.90. The van der Waals surface area contributed by atoms with E-state index in [1.165, 1.54) is 11.8 Å². The Bertz CT molecular complexity index is 653. The largest absolute Gasteiger partial charge is 0.496 e. The summed E-state index contributed by atoms with van der Waals surface area (Å²) in [5, 5.41) is 2.09. The fourth-order valence-electron chi connectivity index (χ4n) is 1.88. The molecule has 1 heterocycles. The van der Waals surface area contributed by atoms with Gasteiger partial charge < -0.3 is 4.74 Å². The lowest BCUT2D eigenvalue weighted by Gasteiger charge is -2.10. The molecule has 0 spiro atoms. The third-order valence-electron chi connectivity index (χ3n) is 2.79. The van der Waals surface area contributed by atoms with Crippen molar-refractivity contribution in [2.45, 2.75) is 0 Å². The summed E-state index contributed by atoms with van der Waals surface area (Å²) in [5.41, 5.74) is 0.946. The summed E-state index contributed by atoms with van der Waals surface area (Å²) in [7, 11) is 0.636. The Kier molecular flexibility index (Phi) is 4.61. The smallest absolute Gasteiger partial charge is 0.126 e. The van der Waals surface area contributed by atoms with Crippen LogP contribution in [-0.4, -0.2) is 28.8 Å². The van der Waals surface area contributed by atoms with Crippen LogP contribution in [0.15, 0.2) is 34.8 Å². The van der Waals surface area contributed by atoms with E-state index < -0.39 is 10.8 Å². The molecule has 0 aliphatic carbocycles. The minimum atomic E-state index is -1.00. The Labute approximate surface area is 119 Å². The van der Waals surface area contributed by atoms with E-state index in [4.69, 9.17) is 4.74 Å². The molecule has 1 aromatic carbocycles. The number of hydrogen-bond donors (Lipinski definition) is 0. The van der Waals surface area contributed by atoms with Gasteiger partial charge in [0, 0.05) is 29.6 Å². The van der Waals surface area contributed by atoms with Crippen LogP contribution in [0.1, 0.15) is 5.56 Å². The predicted molar refractivity (Wildman–Crippen MR) is 83.9 cm³/mol. The first-order valence-corrected chi connectivity index (χ1v) is 8.45. The van der Waals surface area contributed by atoms with Gasteiger partial charge in [-0.15, -0.1) is 11.8 Å². The molecular formula is C14H15NO2S2. The van der Waals surface area contributed by atoms with Crippen LogP contribution in [-0.2, 0) is 10.8 Å². The zero-order valence-electron chi connectivity index (χ0n) is 11.0. The van der Waals surface area contributed by atoms with Crippen LogP contribution >= 0.6 is 11.8 Å². The zero-order valence-corrected chi connectivity index (χ0v) is 12.7. The summed E-state index contributed by atoms with van der Waals surface area (Å²) in [6.45, 7) is 0. The molecule has 0 radical (unpaired) electrons. The van der Waals surface area contributed by atoms with Crippen molar-refractivity contribution in [2.75, 3.05) is 19.6 Å². The van der Waals surface area contributed by atoms with E-state index in [-0.39, 0.29) is 0 Å². The average molecular weight is 293 g/mol. The maximum Gasteiger partial charge on any atom is 0.126 e. The van der Waals surface area contributed by atoms with Crippen LogP contribution in [0.25, 0.3) is 16.8 Å². The maximum atomic E-state index is 11.7. The number of rotatable bonds is 4. The van der Waals surface area contributed by atoms with Gasteiger partial charge in [-0.25, -0.2) is 0 Å².